The molecule has 228 valence electrons. The molecule has 49 heavy (non-hydrogen) atoms. The Morgan fingerprint density at radius 3 is 1.69 bits per heavy atom. The molecule has 0 radical (unpaired) electrons. The second-order valence-corrected chi connectivity index (χ2v) is 12.6. The molecule has 0 N–H and O–H groups in total. The summed E-state index contributed by atoms with van der Waals surface area (Å²) >= 11 is 0. The minimum Gasteiger partial charge on any atom is -0.264 e. The fraction of sp³-hybridized carbons (Fsp3) is 0. The zero-order valence-electron chi connectivity index (χ0n) is 26.5. The topological polar surface area (TPSA) is 43.6 Å². The van der Waals surface area contributed by atoms with E-state index in [9.17, 15) is 0 Å². The van der Waals surface area contributed by atoms with Crippen LogP contribution in [0.5, 0.6) is 0 Å². The highest BCUT2D eigenvalue weighted by Gasteiger charge is 2.19. The number of benzene rings is 8. The van der Waals surface area contributed by atoms with Gasteiger partial charge in [0.1, 0.15) is 11.0 Å². The first-order chi connectivity index (χ1) is 24.3. The number of hydrogen-bond acceptors (Lipinski definition) is 3. The average Bonchev–Trinajstić information content (AvgIpc) is 3.62. The summed E-state index contributed by atoms with van der Waals surface area (Å²) in [4.78, 5) is 6.11. The van der Waals surface area contributed by atoms with Crippen LogP contribution < -0.4 is 0 Å². The highest BCUT2D eigenvalue weighted by molar-refractivity contribution is 6.17. The first-order valence-corrected chi connectivity index (χ1v) is 16.5. The minimum absolute atomic E-state index is 0.841. The van der Waals surface area contributed by atoms with Crippen LogP contribution in [0.3, 0.4) is 0 Å². The summed E-state index contributed by atoms with van der Waals surface area (Å²) in [6.45, 7) is 0. The highest BCUT2D eigenvalue weighted by Crippen LogP contribution is 2.42. The van der Waals surface area contributed by atoms with Gasteiger partial charge in [-0.1, -0.05) is 115 Å². The molecule has 10 aromatic rings. The molecule has 2 aromatic heterocycles. The fourth-order valence-corrected chi connectivity index (χ4v) is 7.41. The molecule has 2 heterocycles. The van der Waals surface area contributed by atoms with E-state index in [-0.39, 0.29) is 0 Å². The summed E-state index contributed by atoms with van der Waals surface area (Å²) in [5.41, 5.74) is 9.20. The lowest BCUT2D eigenvalue weighted by Crippen LogP contribution is -1.98. The van der Waals surface area contributed by atoms with E-state index in [0.717, 1.165) is 44.5 Å². The molecule has 4 heteroatoms. The van der Waals surface area contributed by atoms with Gasteiger partial charge < -0.3 is 0 Å². The SMILES string of the molecule is c1cncc(-c2cccc(-n3nc4cc(-c5cc6ccccc6c6ccccc56)cc(-c5cc6ccccc6c6ccccc56)c4n3)c2)c1. The average molecular weight is 625 g/mol. The number of rotatable bonds is 4. The third kappa shape index (κ3) is 4.49. The van der Waals surface area contributed by atoms with E-state index in [1.54, 1.807) is 11.0 Å². The predicted molar refractivity (Wildman–Crippen MR) is 203 cm³/mol. The lowest BCUT2D eigenvalue weighted by molar-refractivity contribution is 0.766. The second kappa shape index (κ2) is 11.0. The van der Waals surface area contributed by atoms with Gasteiger partial charge in [0.05, 0.1) is 5.69 Å². The van der Waals surface area contributed by atoms with Crippen molar-refractivity contribution in [2.45, 2.75) is 0 Å². The Balaban J connectivity index is 1.28. The maximum absolute atomic E-state index is 5.22. The van der Waals surface area contributed by atoms with E-state index in [2.05, 4.69) is 157 Å². The molecule has 10 rings (SSSR count). The smallest absolute Gasteiger partial charge is 0.121 e. The lowest BCUT2D eigenvalue weighted by Gasteiger charge is -2.14. The molecule has 0 aliphatic rings. The number of pyridine rings is 1. The quantitative estimate of drug-likeness (QED) is 0.183. The maximum atomic E-state index is 5.22. The standard InChI is InChI=1S/C45H28N4/c1-3-16-35-30(11-1)24-41(39-20-7-5-18-37(35)39)33-26-43(42-25-31-12-2-4-17-36(31)38-19-6-8-21-40(38)42)45-44(27-33)47-49(48-45)34-15-9-13-29(23-34)32-14-10-22-46-28-32/h1-28H. The molecule has 8 aromatic carbocycles. The molecule has 0 spiro atoms. The number of nitrogens with zero attached hydrogens (tertiary/aromatic N) is 4. The van der Waals surface area contributed by atoms with Gasteiger partial charge in [-0.3, -0.25) is 4.98 Å². The van der Waals surface area contributed by atoms with Crippen LogP contribution in [0.1, 0.15) is 0 Å². The molecular weight excluding hydrogens is 597 g/mol. The van der Waals surface area contributed by atoms with Crippen LogP contribution >= 0.6 is 0 Å². The Labute approximate surface area is 282 Å². The van der Waals surface area contributed by atoms with Gasteiger partial charge in [-0.2, -0.15) is 4.80 Å². The van der Waals surface area contributed by atoms with Gasteiger partial charge in [-0.15, -0.1) is 10.2 Å². The summed E-state index contributed by atoms with van der Waals surface area (Å²) in [7, 11) is 0. The molecule has 0 saturated carbocycles. The van der Waals surface area contributed by atoms with Gasteiger partial charge in [0.15, 0.2) is 0 Å². The maximum Gasteiger partial charge on any atom is 0.121 e. The van der Waals surface area contributed by atoms with Crippen molar-refractivity contribution in [3.05, 3.63) is 170 Å². The van der Waals surface area contributed by atoms with E-state index in [4.69, 9.17) is 10.2 Å². The highest BCUT2D eigenvalue weighted by atomic mass is 15.5. The van der Waals surface area contributed by atoms with Gasteiger partial charge in [-0.05, 0) is 108 Å². The second-order valence-electron chi connectivity index (χ2n) is 12.6. The zero-order valence-corrected chi connectivity index (χ0v) is 26.5. The molecule has 0 aliphatic heterocycles. The Morgan fingerprint density at radius 2 is 1.00 bits per heavy atom. The van der Waals surface area contributed by atoms with Crippen LogP contribution in [0.25, 0.3) is 93.2 Å². The molecule has 0 unspecified atom stereocenters. The van der Waals surface area contributed by atoms with Gasteiger partial charge >= 0.3 is 0 Å². The first-order valence-electron chi connectivity index (χ1n) is 16.5. The molecule has 0 aliphatic carbocycles. The van der Waals surface area contributed by atoms with Crippen LogP contribution in [-0.4, -0.2) is 20.0 Å². The lowest BCUT2D eigenvalue weighted by atomic mass is 9.89. The largest absolute Gasteiger partial charge is 0.264 e. The van der Waals surface area contributed by atoms with E-state index < -0.39 is 0 Å². The zero-order chi connectivity index (χ0) is 32.3. The third-order valence-corrected chi connectivity index (χ3v) is 9.70. The number of hydrogen-bond donors (Lipinski definition) is 0. The summed E-state index contributed by atoms with van der Waals surface area (Å²) in [6.07, 6.45) is 3.68. The van der Waals surface area contributed by atoms with E-state index >= 15 is 0 Å². The van der Waals surface area contributed by atoms with Gasteiger partial charge in [-0.25, -0.2) is 0 Å². The Kier molecular flexibility index (Phi) is 6.15. The molecular formula is C45H28N4. The van der Waals surface area contributed by atoms with Crippen molar-refractivity contribution in [2.75, 3.05) is 0 Å². The van der Waals surface area contributed by atoms with Crippen molar-refractivity contribution in [2.24, 2.45) is 0 Å². The Bertz CT molecular complexity index is 2890. The summed E-state index contributed by atoms with van der Waals surface area (Å²) < 4.78 is 0. The number of fused-ring (bicyclic) bond motifs is 7. The van der Waals surface area contributed by atoms with Crippen molar-refractivity contribution >= 4 is 54.1 Å². The molecule has 0 bridgehead atoms. The predicted octanol–water partition coefficient (Wildman–Crippen LogP) is 11.4. The van der Waals surface area contributed by atoms with Gasteiger partial charge in [0.25, 0.3) is 0 Å². The molecule has 0 saturated heterocycles. The summed E-state index contributed by atoms with van der Waals surface area (Å²) in [5, 5.41) is 20.2. The van der Waals surface area contributed by atoms with Crippen molar-refractivity contribution in [1.82, 2.24) is 20.0 Å². The van der Waals surface area contributed by atoms with Crippen molar-refractivity contribution in [1.29, 1.82) is 0 Å². The molecule has 0 amide bonds. The fourth-order valence-electron chi connectivity index (χ4n) is 7.41. The third-order valence-electron chi connectivity index (χ3n) is 9.70. The number of aromatic nitrogens is 4. The van der Waals surface area contributed by atoms with Gasteiger partial charge in [0, 0.05) is 23.5 Å². The van der Waals surface area contributed by atoms with Crippen LogP contribution in [0.4, 0.5) is 0 Å². The molecule has 4 nitrogen and oxygen atoms in total. The van der Waals surface area contributed by atoms with E-state index in [1.165, 1.54) is 48.7 Å². The van der Waals surface area contributed by atoms with Crippen LogP contribution in [0.2, 0.25) is 0 Å². The van der Waals surface area contributed by atoms with Crippen molar-refractivity contribution in [3.63, 3.8) is 0 Å². The normalized spacial score (nSPS) is 11.7. The molecule has 0 fully saturated rings. The summed E-state index contributed by atoms with van der Waals surface area (Å²) in [6, 6.07) is 56.2. The Morgan fingerprint density at radius 1 is 0.388 bits per heavy atom. The summed E-state index contributed by atoms with van der Waals surface area (Å²) in [5.74, 6) is 0. The van der Waals surface area contributed by atoms with E-state index in [0.29, 0.717) is 0 Å². The minimum atomic E-state index is 0.841. The first kappa shape index (κ1) is 27.5. The molecule has 0 atom stereocenters. The van der Waals surface area contributed by atoms with Crippen LogP contribution in [0, 0.1) is 0 Å². The van der Waals surface area contributed by atoms with E-state index in [1.807, 2.05) is 12.3 Å². The van der Waals surface area contributed by atoms with Crippen LogP contribution in [-0.2, 0) is 0 Å². The van der Waals surface area contributed by atoms with Crippen LogP contribution in [0.15, 0.2) is 170 Å². The van der Waals surface area contributed by atoms with Gasteiger partial charge in [0.2, 0.25) is 0 Å². The Hall–Kier alpha value is -6.65. The van der Waals surface area contributed by atoms with Crippen molar-refractivity contribution < 1.29 is 0 Å². The van der Waals surface area contributed by atoms with Crippen molar-refractivity contribution in [3.8, 4) is 39.1 Å². The monoisotopic (exact) mass is 624 g/mol.